The molecule has 0 unspecified atom stereocenters. The van der Waals surface area contributed by atoms with E-state index in [0.29, 0.717) is 47.2 Å². The Morgan fingerprint density at radius 2 is 1.73 bits per heavy atom. The Labute approximate surface area is 193 Å². The highest BCUT2D eigenvalue weighted by atomic mass is 32.1. The summed E-state index contributed by atoms with van der Waals surface area (Å²) < 4.78 is 23.7. The number of ether oxygens (including phenoxy) is 4. The molecule has 1 amide bonds. The summed E-state index contributed by atoms with van der Waals surface area (Å²) in [4.78, 5) is 41.2. The summed E-state index contributed by atoms with van der Waals surface area (Å²) in [6.45, 7) is 3.24. The summed E-state index contributed by atoms with van der Waals surface area (Å²) in [5.41, 5.74) is 1.44. The molecule has 10 heteroatoms. The summed E-state index contributed by atoms with van der Waals surface area (Å²) in [5.74, 6) is -0.0603. The van der Waals surface area contributed by atoms with Crippen LogP contribution in [0.5, 0.6) is 11.5 Å². The number of carbonyl (C=O) groups is 3. The van der Waals surface area contributed by atoms with Gasteiger partial charge in [-0.15, -0.1) is 0 Å². The fraction of sp³-hybridized carbons (Fsp3) is 0.304. The van der Waals surface area contributed by atoms with Crippen molar-refractivity contribution in [2.24, 2.45) is 4.99 Å². The molecule has 0 fully saturated rings. The second-order valence-corrected chi connectivity index (χ2v) is 8.05. The summed E-state index contributed by atoms with van der Waals surface area (Å²) in [6.07, 6.45) is 0.128. The van der Waals surface area contributed by atoms with Crippen molar-refractivity contribution in [2.45, 2.75) is 19.9 Å². The molecule has 0 aliphatic carbocycles. The van der Waals surface area contributed by atoms with Gasteiger partial charge in [0.05, 0.1) is 35.9 Å². The molecule has 1 aromatic heterocycles. The van der Waals surface area contributed by atoms with Crippen LogP contribution in [0.1, 0.15) is 34.1 Å². The Kier molecular flexibility index (Phi) is 6.74. The first-order valence-electron chi connectivity index (χ1n) is 10.4. The van der Waals surface area contributed by atoms with Gasteiger partial charge in [0.1, 0.15) is 13.2 Å². The number of aryl methyl sites for hydroxylation is 1. The minimum atomic E-state index is -0.486. The van der Waals surface area contributed by atoms with Gasteiger partial charge in [0.2, 0.25) is 0 Å². The zero-order chi connectivity index (χ0) is 23.4. The summed E-state index contributed by atoms with van der Waals surface area (Å²) in [6, 6.07) is 9.75. The molecule has 1 aliphatic heterocycles. The summed E-state index contributed by atoms with van der Waals surface area (Å²) in [7, 11) is 1.29. The lowest BCUT2D eigenvalue weighted by Crippen LogP contribution is -2.20. The summed E-state index contributed by atoms with van der Waals surface area (Å²) in [5, 5.41) is 0. The maximum absolute atomic E-state index is 12.9. The van der Waals surface area contributed by atoms with Gasteiger partial charge in [0.15, 0.2) is 16.3 Å². The van der Waals surface area contributed by atoms with Crippen LogP contribution in [0.3, 0.4) is 0 Å². The van der Waals surface area contributed by atoms with Crippen LogP contribution in [0, 0.1) is 0 Å². The maximum Gasteiger partial charge on any atom is 0.337 e. The minimum Gasteiger partial charge on any atom is -0.486 e. The molecule has 33 heavy (non-hydrogen) atoms. The first-order valence-corrected chi connectivity index (χ1v) is 11.2. The SMILES string of the molecule is CCOC(=O)CCn1c(=NC(=O)c2ccc(C(=O)OC)cc2)sc2cc3c(cc21)OCCO3. The third-order valence-electron chi connectivity index (χ3n) is 4.94. The zero-order valence-corrected chi connectivity index (χ0v) is 19.0. The predicted molar refractivity (Wildman–Crippen MR) is 120 cm³/mol. The third kappa shape index (κ3) is 4.90. The van der Waals surface area contributed by atoms with E-state index in [4.69, 9.17) is 14.2 Å². The predicted octanol–water partition coefficient (Wildman–Crippen LogP) is 2.95. The van der Waals surface area contributed by atoms with Gasteiger partial charge in [-0.1, -0.05) is 11.3 Å². The van der Waals surface area contributed by atoms with E-state index >= 15 is 0 Å². The Morgan fingerprint density at radius 3 is 2.39 bits per heavy atom. The number of benzene rings is 2. The van der Waals surface area contributed by atoms with E-state index in [1.54, 1.807) is 11.5 Å². The lowest BCUT2D eigenvalue weighted by atomic mass is 10.1. The van der Waals surface area contributed by atoms with E-state index in [9.17, 15) is 14.4 Å². The lowest BCUT2D eigenvalue weighted by molar-refractivity contribution is -0.143. The van der Waals surface area contributed by atoms with Crippen LogP contribution in [0.25, 0.3) is 10.2 Å². The number of hydrogen-bond acceptors (Lipinski definition) is 8. The standard InChI is InChI=1S/C23H22N2O7S/c1-3-30-20(26)8-9-25-16-12-17-18(32-11-10-31-17)13-19(16)33-23(25)24-21(27)14-4-6-15(7-5-14)22(28)29-2/h4-7,12-13H,3,8-11H2,1-2H3. The molecule has 0 atom stereocenters. The van der Waals surface area contributed by atoms with Crippen molar-refractivity contribution in [3.8, 4) is 11.5 Å². The van der Waals surface area contributed by atoms with Crippen LogP contribution in [-0.4, -0.2) is 49.3 Å². The quantitative estimate of drug-likeness (QED) is 0.510. The average Bonchev–Trinajstić information content (AvgIpc) is 3.16. The Bertz CT molecular complexity index is 1270. The van der Waals surface area contributed by atoms with E-state index in [1.807, 2.05) is 12.1 Å². The highest BCUT2D eigenvalue weighted by Crippen LogP contribution is 2.35. The van der Waals surface area contributed by atoms with Crippen molar-refractivity contribution in [3.05, 3.63) is 52.3 Å². The van der Waals surface area contributed by atoms with Crippen molar-refractivity contribution in [2.75, 3.05) is 26.9 Å². The van der Waals surface area contributed by atoms with E-state index in [-0.39, 0.29) is 18.9 Å². The number of methoxy groups -OCH3 is 1. The average molecular weight is 471 g/mol. The molecule has 2 aromatic carbocycles. The minimum absolute atomic E-state index is 0.128. The summed E-state index contributed by atoms with van der Waals surface area (Å²) >= 11 is 1.31. The normalized spacial score (nSPS) is 13.1. The number of fused-ring (bicyclic) bond motifs is 2. The highest BCUT2D eigenvalue weighted by molar-refractivity contribution is 7.16. The lowest BCUT2D eigenvalue weighted by Gasteiger charge is -2.18. The van der Waals surface area contributed by atoms with Crippen molar-refractivity contribution in [1.82, 2.24) is 4.57 Å². The topological polar surface area (TPSA) is 105 Å². The van der Waals surface area contributed by atoms with Crippen molar-refractivity contribution >= 4 is 39.4 Å². The number of carbonyl (C=O) groups excluding carboxylic acids is 3. The molecule has 0 N–H and O–H groups in total. The highest BCUT2D eigenvalue weighted by Gasteiger charge is 2.18. The van der Waals surface area contributed by atoms with Crippen molar-refractivity contribution in [1.29, 1.82) is 0 Å². The van der Waals surface area contributed by atoms with Crippen LogP contribution in [0.2, 0.25) is 0 Å². The van der Waals surface area contributed by atoms with Crippen LogP contribution in [0.4, 0.5) is 0 Å². The molecule has 0 bridgehead atoms. The number of rotatable bonds is 6. The smallest absolute Gasteiger partial charge is 0.337 e. The molecule has 3 aromatic rings. The van der Waals surface area contributed by atoms with Gasteiger partial charge in [-0.3, -0.25) is 9.59 Å². The molecule has 1 aliphatic rings. The molecule has 0 saturated carbocycles. The Morgan fingerprint density at radius 1 is 1.06 bits per heavy atom. The molecule has 0 saturated heterocycles. The van der Waals surface area contributed by atoms with Crippen molar-refractivity contribution < 1.29 is 33.3 Å². The van der Waals surface area contributed by atoms with Crippen LogP contribution in [-0.2, 0) is 20.8 Å². The van der Waals surface area contributed by atoms with Gasteiger partial charge in [0, 0.05) is 24.2 Å². The second-order valence-electron chi connectivity index (χ2n) is 7.04. The van der Waals surface area contributed by atoms with Gasteiger partial charge in [0.25, 0.3) is 5.91 Å². The number of hydrogen-bond donors (Lipinski definition) is 0. The number of amides is 1. The van der Waals surface area contributed by atoms with Gasteiger partial charge >= 0.3 is 11.9 Å². The second kappa shape index (κ2) is 9.86. The van der Waals surface area contributed by atoms with Crippen molar-refractivity contribution in [3.63, 3.8) is 0 Å². The van der Waals surface area contributed by atoms with Gasteiger partial charge in [-0.2, -0.15) is 4.99 Å². The first kappa shape index (κ1) is 22.5. The first-order chi connectivity index (χ1) is 16.0. The maximum atomic E-state index is 12.9. The number of thiazole rings is 1. The number of aromatic nitrogens is 1. The van der Waals surface area contributed by atoms with Gasteiger partial charge < -0.3 is 23.5 Å². The van der Waals surface area contributed by atoms with E-state index in [0.717, 1.165) is 10.2 Å². The fourth-order valence-corrected chi connectivity index (χ4v) is 4.43. The monoisotopic (exact) mass is 470 g/mol. The number of esters is 2. The van der Waals surface area contributed by atoms with E-state index < -0.39 is 11.9 Å². The fourth-order valence-electron chi connectivity index (χ4n) is 3.36. The zero-order valence-electron chi connectivity index (χ0n) is 18.2. The molecular weight excluding hydrogens is 448 g/mol. The number of nitrogens with zero attached hydrogens (tertiary/aromatic N) is 2. The Hall–Kier alpha value is -3.66. The van der Waals surface area contributed by atoms with Crippen LogP contribution in [0.15, 0.2) is 41.4 Å². The molecule has 9 nitrogen and oxygen atoms in total. The van der Waals surface area contributed by atoms with Gasteiger partial charge in [-0.25, -0.2) is 4.79 Å². The third-order valence-corrected chi connectivity index (χ3v) is 5.98. The molecule has 0 spiro atoms. The molecular formula is C23H22N2O7S. The van der Waals surface area contributed by atoms with Crippen LogP contribution < -0.4 is 14.3 Å². The largest absolute Gasteiger partial charge is 0.486 e. The van der Waals surface area contributed by atoms with E-state index in [2.05, 4.69) is 9.73 Å². The molecule has 172 valence electrons. The molecule has 2 heterocycles. The van der Waals surface area contributed by atoms with Crippen LogP contribution >= 0.6 is 11.3 Å². The molecule has 0 radical (unpaired) electrons. The van der Waals surface area contributed by atoms with Gasteiger partial charge in [-0.05, 0) is 31.2 Å². The molecule has 4 rings (SSSR count). The Balaban J connectivity index is 1.73. The van der Waals surface area contributed by atoms with E-state index in [1.165, 1.54) is 42.7 Å².